The Bertz CT molecular complexity index is 744. The highest BCUT2D eigenvalue weighted by Gasteiger charge is 2.33. The number of ether oxygens (including phenoxy) is 1. The molecule has 0 amide bonds. The Morgan fingerprint density at radius 2 is 1.23 bits per heavy atom. The molecule has 3 heteroatoms. The number of rotatable bonds is 12. The van der Waals surface area contributed by atoms with Crippen LogP contribution in [0.3, 0.4) is 0 Å². The van der Waals surface area contributed by atoms with E-state index in [0.717, 1.165) is 38.5 Å². The van der Waals surface area contributed by atoms with Gasteiger partial charge in [-0.05, 0) is 86.5 Å². The van der Waals surface area contributed by atoms with Crippen molar-refractivity contribution in [3.8, 4) is 0 Å². The van der Waals surface area contributed by atoms with E-state index in [-0.39, 0.29) is 18.3 Å². The van der Waals surface area contributed by atoms with Crippen molar-refractivity contribution >= 4 is 11.9 Å². The van der Waals surface area contributed by atoms with Crippen molar-refractivity contribution in [1.29, 1.82) is 0 Å². The molecule has 1 heterocycles. The van der Waals surface area contributed by atoms with E-state index in [1.54, 1.807) is 0 Å². The Hall–Kier alpha value is -2.16. The molecule has 0 radical (unpaired) electrons. The zero-order valence-corrected chi connectivity index (χ0v) is 19.8. The number of allylic oxidation sites excluding steroid dienone is 10. The van der Waals surface area contributed by atoms with E-state index < -0.39 is 5.97 Å². The predicted molar refractivity (Wildman–Crippen MR) is 126 cm³/mol. The first-order valence-corrected chi connectivity index (χ1v) is 11.3. The molecule has 0 spiro atoms. The summed E-state index contributed by atoms with van der Waals surface area (Å²) in [6.45, 7) is 12.7. The molecule has 30 heavy (non-hydrogen) atoms. The molecule has 1 unspecified atom stereocenters. The lowest BCUT2D eigenvalue weighted by atomic mass is 9.90. The maximum absolute atomic E-state index is 11.8. The standard InChI is InChI=1S/C27H40O3/c1-7-20(6)16-21(8-2)12-13-22(9-3)17-23(10-4)14-15-24(11-5)18-25-19-26(28)30-27(25)29/h7-11,25H,12-19H2,1-6H3. The normalized spacial score (nSPS) is 19.5. The van der Waals surface area contributed by atoms with Gasteiger partial charge in [-0.15, -0.1) is 0 Å². The Morgan fingerprint density at radius 3 is 1.63 bits per heavy atom. The van der Waals surface area contributed by atoms with Crippen molar-refractivity contribution in [3.63, 3.8) is 0 Å². The van der Waals surface area contributed by atoms with Crippen LogP contribution < -0.4 is 0 Å². The number of esters is 2. The first-order valence-electron chi connectivity index (χ1n) is 11.3. The minimum Gasteiger partial charge on any atom is -0.393 e. The summed E-state index contributed by atoms with van der Waals surface area (Å²) in [6, 6.07) is 0. The van der Waals surface area contributed by atoms with Crippen LogP contribution in [-0.2, 0) is 14.3 Å². The highest BCUT2D eigenvalue weighted by atomic mass is 16.6. The highest BCUT2D eigenvalue weighted by molar-refractivity contribution is 5.94. The summed E-state index contributed by atoms with van der Waals surface area (Å²) in [7, 11) is 0. The predicted octanol–water partition coefficient (Wildman–Crippen LogP) is 7.56. The molecule has 0 N–H and O–H groups in total. The van der Waals surface area contributed by atoms with Gasteiger partial charge in [-0.2, -0.15) is 0 Å². The summed E-state index contributed by atoms with van der Waals surface area (Å²) in [5.74, 6) is -1.06. The van der Waals surface area contributed by atoms with Gasteiger partial charge in [0.1, 0.15) is 0 Å². The molecule has 1 aliphatic rings. The first-order chi connectivity index (χ1) is 14.4. The second-order valence-corrected chi connectivity index (χ2v) is 8.17. The Labute approximate surface area is 183 Å². The van der Waals surface area contributed by atoms with Crippen LogP contribution in [0.1, 0.15) is 92.9 Å². The molecule has 1 atom stereocenters. The van der Waals surface area contributed by atoms with Gasteiger partial charge in [-0.25, -0.2) is 0 Å². The van der Waals surface area contributed by atoms with Crippen LogP contribution in [0.25, 0.3) is 0 Å². The fraction of sp³-hybridized carbons (Fsp3) is 0.556. The number of cyclic esters (lactones) is 2. The molecule has 1 aliphatic heterocycles. The number of hydrogen-bond acceptors (Lipinski definition) is 3. The summed E-state index contributed by atoms with van der Waals surface area (Å²) in [5, 5.41) is 0. The van der Waals surface area contributed by atoms with Gasteiger partial charge in [0.25, 0.3) is 0 Å². The quantitative estimate of drug-likeness (QED) is 0.189. The van der Waals surface area contributed by atoms with Gasteiger partial charge in [-0.3, -0.25) is 9.59 Å². The maximum atomic E-state index is 11.8. The topological polar surface area (TPSA) is 43.4 Å². The smallest absolute Gasteiger partial charge is 0.317 e. The third-order valence-electron chi connectivity index (χ3n) is 6.09. The largest absolute Gasteiger partial charge is 0.393 e. The number of carbonyl (C=O) groups excluding carboxylic acids is 2. The fourth-order valence-electron chi connectivity index (χ4n) is 3.76. The molecule has 166 valence electrons. The minimum absolute atomic E-state index is 0.218. The lowest BCUT2D eigenvalue weighted by molar-refractivity contribution is -0.153. The van der Waals surface area contributed by atoms with Gasteiger partial charge in [0.05, 0.1) is 12.3 Å². The van der Waals surface area contributed by atoms with Gasteiger partial charge < -0.3 is 4.74 Å². The average molecular weight is 413 g/mol. The first kappa shape index (κ1) is 25.9. The van der Waals surface area contributed by atoms with Crippen LogP contribution in [0.5, 0.6) is 0 Å². The van der Waals surface area contributed by atoms with E-state index in [1.165, 1.54) is 27.9 Å². The highest BCUT2D eigenvalue weighted by Crippen LogP contribution is 2.29. The van der Waals surface area contributed by atoms with Crippen molar-refractivity contribution in [3.05, 3.63) is 58.2 Å². The Kier molecular flexibility index (Phi) is 12.0. The molecule has 1 saturated heterocycles. The van der Waals surface area contributed by atoms with Gasteiger partial charge in [0.15, 0.2) is 0 Å². The molecule has 1 fully saturated rings. The van der Waals surface area contributed by atoms with E-state index >= 15 is 0 Å². The van der Waals surface area contributed by atoms with Crippen LogP contribution in [0, 0.1) is 5.92 Å². The fourth-order valence-corrected chi connectivity index (χ4v) is 3.76. The van der Waals surface area contributed by atoms with Crippen LogP contribution in [0.2, 0.25) is 0 Å². The maximum Gasteiger partial charge on any atom is 0.317 e. The van der Waals surface area contributed by atoms with E-state index in [1.807, 2.05) is 6.92 Å². The van der Waals surface area contributed by atoms with Crippen molar-refractivity contribution in [1.82, 2.24) is 0 Å². The van der Waals surface area contributed by atoms with Gasteiger partial charge >= 0.3 is 11.9 Å². The van der Waals surface area contributed by atoms with Crippen LogP contribution in [0.4, 0.5) is 0 Å². The van der Waals surface area contributed by atoms with Crippen LogP contribution >= 0.6 is 0 Å². The molecule has 0 aliphatic carbocycles. The second-order valence-electron chi connectivity index (χ2n) is 8.17. The summed E-state index contributed by atoms with van der Waals surface area (Å²) in [6.07, 6.45) is 18.1. The molecule has 0 aromatic carbocycles. The van der Waals surface area contributed by atoms with Gasteiger partial charge in [0.2, 0.25) is 0 Å². The van der Waals surface area contributed by atoms with Crippen molar-refractivity contribution < 1.29 is 14.3 Å². The van der Waals surface area contributed by atoms with Crippen LogP contribution in [0.15, 0.2) is 58.2 Å². The van der Waals surface area contributed by atoms with Crippen molar-refractivity contribution in [2.45, 2.75) is 92.9 Å². The molecule has 0 saturated carbocycles. The zero-order chi connectivity index (χ0) is 22.5. The lowest BCUT2D eigenvalue weighted by Gasteiger charge is -2.15. The van der Waals surface area contributed by atoms with Gasteiger partial charge in [-0.1, -0.05) is 58.2 Å². The summed E-state index contributed by atoms with van der Waals surface area (Å²) >= 11 is 0. The third kappa shape index (κ3) is 9.11. The summed E-state index contributed by atoms with van der Waals surface area (Å²) in [5.41, 5.74) is 7.06. The SMILES string of the molecule is CC=C(C)CC(=CC)CCC(=CC)CC(=CC)CCC(=CC)CC1CC(=O)OC1=O. The van der Waals surface area contributed by atoms with E-state index in [4.69, 9.17) is 0 Å². The average Bonchev–Trinajstić information content (AvgIpc) is 3.07. The molecule has 0 aromatic heterocycles. The van der Waals surface area contributed by atoms with Crippen LogP contribution in [-0.4, -0.2) is 11.9 Å². The second kappa shape index (κ2) is 14.0. The molecule has 0 aromatic rings. The van der Waals surface area contributed by atoms with Crippen molar-refractivity contribution in [2.24, 2.45) is 5.92 Å². The van der Waals surface area contributed by atoms with E-state index in [0.29, 0.717) is 6.42 Å². The summed E-state index contributed by atoms with van der Waals surface area (Å²) in [4.78, 5) is 23.1. The molecule has 3 nitrogen and oxygen atoms in total. The Morgan fingerprint density at radius 1 is 0.767 bits per heavy atom. The molecule has 1 rings (SSSR count). The lowest BCUT2D eigenvalue weighted by Crippen LogP contribution is -2.08. The minimum atomic E-state index is -0.391. The van der Waals surface area contributed by atoms with E-state index in [9.17, 15) is 9.59 Å². The number of hydrogen-bond donors (Lipinski definition) is 0. The molecule has 0 bridgehead atoms. The Balaban J connectivity index is 2.56. The summed E-state index contributed by atoms with van der Waals surface area (Å²) < 4.78 is 4.69. The third-order valence-corrected chi connectivity index (χ3v) is 6.09. The zero-order valence-electron chi connectivity index (χ0n) is 19.8. The molecular weight excluding hydrogens is 372 g/mol. The monoisotopic (exact) mass is 412 g/mol. The van der Waals surface area contributed by atoms with E-state index in [2.05, 4.69) is 69.7 Å². The van der Waals surface area contributed by atoms with Gasteiger partial charge in [0, 0.05) is 0 Å². The number of carbonyl (C=O) groups is 2. The molecular formula is C27H40O3. The van der Waals surface area contributed by atoms with Crippen molar-refractivity contribution in [2.75, 3.05) is 0 Å².